The van der Waals surface area contributed by atoms with Crippen molar-refractivity contribution in [2.24, 2.45) is 5.92 Å². The number of carbonyl (C=O) groups is 2. The molecule has 2 aliphatic rings. The summed E-state index contributed by atoms with van der Waals surface area (Å²) in [5, 5.41) is 14.4. The van der Waals surface area contributed by atoms with Gasteiger partial charge in [-0.05, 0) is 42.5 Å². The minimum atomic E-state index is -1.09. The van der Waals surface area contributed by atoms with Crippen molar-refractivity contribution in [2.75, 3.05) is 11.9 Å². The predicted octanol–water partition coefficient (Wildman–Crippen LogP) is 1.85. The van der Waals surface area contributed by atoms with Crippen LogP contribution in [0.15, 0.2) is 30.4 Å². The number of carbonyl (C=O) groups excluding carboxylic acids is 2. The molecule has 23 heavy (non-hydrogen) atoms. The van der Waals surface area contributed by atoms with Gasteiger partial charge in [-0.2, -0.15) is 0 Å². The van der Waals surface area contributed by atoms with Crippen molar-refractivity contribution in [3.05, 3.63) is 41.5 Å². The van der Waals surface area contributed by atoms with E-state index in [2.05, 4.69) is 5.32 Å². The molecule has 122 valence electrons. The van der Waals surface area contributed by atoms with Crippen LogP contribution in [0.1, 0.15) is 48.0 Å². The monoisotopic (exact) mass is 314 g/mol. The summed E-state index contributed by atoms with van der Waals surface area (Å²) in [5.41, 5.74) is 2.20. The Morgan fingerprint density at radius 1 is 1.39 bits per heavy atom. The topological polar surface area (TPSA) is 78.5 Å². The average Bonchev–Trinajstić information content (AvgIpc) is 3.03. The van der Waals surface area contributed by atoms with Crippen molar-refractivity contribution in [3.63, 3.8) is 0 Å². The second kappa shape index (κ2) is 6.44. The fourth-order valence-corrected chi connectivity index (χ4v) is 3.35. The maximum atomic E-state index is 12.1. The number of benzene rings is 1. The van der Waals surface area contributed by atoms with Gasteiger partial charge in [-0.25, -0.2) is 4.79 Å². The second-order valence-electron chi connectivity index (χ2n) is 6.09. The molecule has 5 nitrogen and oxygen atoms in total. The molecule has 1 aliphatic heterocycles. The number of allylic oxidation sites excluding steroid dienone is 2. The molecule has 1 N–H and O–H groups in total. The Bertz CT molecular complexity index is 652. The van der Waals surface area contributed by atoms with Crippen LogP contribution < -0.4 is 10.4 Å². The van der Waals surface area contributed by atoms with Crippen LogP contribution in [0.5, 0.6) is 0 Å². The molecular formula is C18H20NO4-. The molecule has 0 unspecified atom stereocenters. The summed E-state index contributed by atoms with van der Waals surface area (Å²) < 4.78 is 5.25. The number of rotatable bonds is 5. The van der Waals surface area contributed by atoms with E-state index in [-0.39, 0.29) is 17.8 Å². The molecule has 0 spiro atoms. The molecule has 0 saturated heterocycles. The number of hydrogen-bond donors (Lipinski definition) is 1. The number of fused-ring (bicyclic) bond motifs is 3. The average molecular weight is 314 g/mol. The molecule has 1 aromatic rings. The highest BCUT2D eigenvalue weighted by Crippen LogP contribution is 2.44. The lowest BCUT2D eigenvalue weighted by molar-refractivity contribution is -0.308. The highest BCUT2D eigenvalue weighted by atomic mass is 16.5. The highest BCUT2D eigenvalue weighted by molar-refractivity contribution is 5.91. The van der Waals surface area contributed by atoms with Gasteiger partial charge >= 0.3 is 5.97 Å². The Labute approximate surface area is 135 Å². The van der Waals surface area contributed by atoms with Crippen molar-refractivity contribution in [1.82, 2.24) is 0 Å². The normalized spacial score (nSPS) is 24.5. The van der Waals surface area contributed by atoms with E-state index in [9.17, 15) is 14.7 Å². The van der Waals surface area contributed by atoms with Crippen LogP contribution in [0, 0.1) is 5.92 Å². The first-order valence-electron chi connectivity index (χ1n) is 8.07. The van der Waals surface area contributed by atoms with Gasteiger partial charge in [-0.1, -0.05) is 25.5 Å². The van der Waals surface area contributed by atoms with Gasteiger partial charge in [0.05, 0.1) is 24.2 Å². The van der Waals surface area contributed by atoms with Crippen LogP contribution >= 0.6 is 0 Å². The lowest BCUT2D eigenvalue weighted by Crippen LogP contribution is -2.48. The maximum absolute atomic E-state index is 12.1. The summed E-state index contributed by atoms with van der Waals surface area (Å²) in [6.07, 6.45) is 6.53. The van der Waals surface area contributed by atoms with E-state index >= 15 is 0 Å². The van der Waals surface area contributed by atoms with Gasteiger partial charge in [0, 0.05) is 11.6 Å². The standard InChI is InChI=1S/C18H21NO4/c1-2-3-9-23-18(22)11-7-8-15-14(10-11)12-5-4-6-13(12)16(19-15)17(20)21/h4-5,7-8,10,12-13,16,19H,2-3,6,9H2,1H3,(H,20,21)/p-1/t12-,13+,16+/m1/s1. The third-order valence-electron chi connectivity index (χ3n) is 4.58. The zero-order valence-electron chi connectivity index (χ0n) is 13.1. The van der Waals surface area contributed by atoms with Crippen molar-refractivity contribution >= 4 is 17.6 Å². The first-order valence-corrected chi connectivity index (χ1v) is 8.07. The van der Waals surface area contributed by atoms with E-state index in [1.807, 2.05) is 25.1 Å². The van der Waals surface area contributed by atoms with E-state index in [0.717, 1.165) is 24.1 Å². The number of ether oxygens (including phenoxy) is 1. The summed E-state index contributed by atoms with van der Waals surface area (Å²) in [6.45, 7) is 2.46. The number of aliphatic carboxylic acids is 1. The lowest BCUT2D eigenvalue weighted by atomic mass is 9.79. The quantitative estimate of drug-likeness (QED) is 0.510. The molecule has 5 heteroatoms. The van der Waals surface area contributed by atoms with E-state index in [4.69, 9.17) is 4.74 Å². The molecule has 1 aromatic carbocycles. The van der Waals surface area contributed by atoms with E-state index in [0.29, 0.717) is 18.6 Å². The molecular weight excluding hydrogens is 294 g/mol. The van der Waals surface area contributed by atoms with Gasteiger partial charge in [0.15, 0.2) is 0 Å². The first-order chi connectivity index (χ1) is 11.1. The highest BCUT2D eigenvalue weighted by Gasteiger charge is 2.38. The molecule has 0 saturated carbocycles. The van der Waals surface area contributed by atoms with Crippen molar-refractivity contribution in [1.29, 1.82) is 0 Å². The molecule has 3 rings (SSSR count). The molecule has 0 aromatic heterocycles. The van der Waals surface area contributed by atoms with Crippen molar-refractivity contribution in [2.45, 2.75) is 38.1 Å². The Kier molecular flexibility index (Phi) is 4.37. The van der Waals surface area contributed by atoms with Crippen molar-refractivity contribution in [3.8, 4) is 0 Å². The van der Waals surface area contributed by atoms with Gasteiger partial charge in [0.2, 0.25) is 0 Å². The van der Waals surface area contributed by atoms with Gasteiger partial charge in [-0.15, -0.1) is 0 Å². The third-order valence-corrected chi connectivity index (χ3v) is 4.58. The number of carboxylic acids is 1. The molecule has 0 fully saturated rings. The Balaban J connectivity index is 1.85. The SMILES string of the molecule is CCCCOC(=O)c1ccc2c(c1)[C@@H]1C=CC[C@@H]1[C@@H](C(=O)[O-])N2. The summed E-state index contributed by atoms with van der Waals surface area (Å²) in [4.78, 5) is 23.5. The molecule has 3 atom stereocenters. The molecule has 0 bridgehead atoms. The Morgan fingerprint density at radius 3 is 2.96 bits per heavy atom. The number of nitrogens with one attached hydrogen (secondary N) is 1. The number of esters is 1. The first kappa shape index (κ1) is 15.6. The van der Waals surface area contributed by atoms with Crippen LogP contribution in [0.4, 0.5) is 5.69 Å². The third kappa shape index (κ3) is 2.96. The van der Waals surface area contributed by atoms with Crippen molar-refractivity contribution < 1.29 is 19.4 Å². The zero-order chi connectivity index (χ0) is 16.4. The van der Waals surface area contributed by atoms with E-state index in [1.165, 1.54) is 0 Å². The van der Waals surface area contributed by atoms with Gasteiger partial charge in [-0.3, -0.25) is 0 Å². The molecule has 0 amide bonds. The summed E-state index contributed by atoms with van der Waals surface area (Å²) >= 11 is 0. The number of carboxylic acid groups (broad SMARTS) is 1. The zero-order valence-corrected chi connectivity index (χ0v) is 13.1. The fraction of sp³-hybridized carbons (Fsp3) is 0.444. The largest absolute Gasteiger partial charge is 0.548 e. The number of anilines is 1. The van der Waals surface area contributed by atoms with E-state index in [1.54, 1.807) is 12.1 Å². The smallest absolute Gasteiger partial charge is 0.338 e. The van der Waals surface area contributed by atoms with Gasteiger partial charge in [0.25, 0.3) is 0 Å². The van der Waals surface area contributed by atoms with Crippen LogP contribution in [-0.4, -0.2) is 24.6 Å². The second-order valence-corrected chi connectivity index (χ2v) is 6.09. The molecule has 1 heterocycles. The Hall–Kier alpha value is -2.30. The number of hydrogen-bond acceptors (Lipinski definition) is 5. The van der Waals surface area contributed by atoms with Crippen LogP contribution in [-0.2, 0) is 9.53 Å². The summed E-state index contributed by atoms with van der Waals surface area (Å²) in [6, 6.07) is 4.54. The minimum absolute atomic E-state index is 0.00228. The molecule has 0 radical (unpaired) electrons. The van der Waals surface area contributed by atoms with Crippen LogP contribution in [0.2, 0.25) is 0 Å². The summed E-state index contributed by atoms with van der Waals surface area (Å²) in [5.74, 6) is -1.49. The van der Waals surface area contributed by atoms with Crippen LogP contribution in [0.3, 0.4) is 0 Å². The van der Waals surface area contributed by atoms with Gasteiger partial charge < -0.3 is 20.0 Å². The minimum Gasteiger partial charge on any atom is -0.548 e. The predicted molar refractivity (Wildman–Crippen MR) is 84.0 cm³/mol. The fourth-order valence-electron chi connectivity index (χ4n) is 3.35. The summed E-state index contributed by atoms with van der Waals surface area (Å²) in [7, 11) is 0. The van der Waals surface area contributed by atoms with Crippen LogP contribution in [0.25, 0.3) is 0 Å². The van der Waals surface area contributed by atoms with Gasteiger partial charge in [0.1, 0.15) is 0 Å². The van der Waals surface area contributed by atoms with E-state index < -0.39 is 12.0 Å². The molecule has 1 aliphatic carbocycles. The Morgan fingerprint density at radius 2 is 2.22 bits per heavy atom. The lowest BCUT2D eigenvalue weighted by Gasteiger charge is -2.37. The number of unbranched alkanes of at least 4 members (excludes halogenated alkanes) is 1. The maximum Gasteiger partial charge on any atom is 0.338 e.